The zero-order chi connectivity index (χ0) is 36.8. The van der Waals surface area contributed by atoms with E-state index in [0.717, 1.165) is 86.9 Å². The van der Waals surface area contributed by atoms with Crippen LogP contribution in [0.1, 0.15) is 73.1 Å². The fraction of sp³-hybridized carbons (Fsp3) is 0.255. The van der Waals surface area contributed by atoms with Crippen LogP contribution in [-0.4, -0.2) is 19.5 Å². The first-order chi connectivity index (χ1) is 25.5. The Morgan fingerprint density at radius 1 is 0.792 bits per heavy atom. The van der Waals surface area contributed by atoms with Crippen molar-refractivity contribution < 1.29 is 25.9 Å². The van der Waals surface area contributed by atoms with Crippen LogP contribution in [0.3, 0.4) is 0 Å². The summed E-state index contributed by atoms with van der Waals surface area (Å²) < 4.78 is 17.4. The van der Waals surface area contributed by atoms with Gasteiger partial charge in [0.05, 0.1) is 22.4 Å². The summed E-state index contributed by atoms with van der Waals surface area (Å²) in [5.74, 6) is 0.506. The first-order valence-electron chi connectivity index (χ1n) is 18.7. The van der Waals surface area contributed by atoms with Crippen molar-refractivity contribution in [3.05, 3.63) is 139 Å². The summed E-state index contributed by atoms with van der Waals surface area (Å²) in [6.45, 7) is 11.2. The van der Waals surface area contributed by atoms with Crippen molar-refractivity contribution in [3.63, 3.8) is 0 Å². The monoisotopic (exact) mass is 874 g/mol. The third-order valence-electron chi connectivity index (χ3n) is 10.2. The van der Waals surface area contributed by atoms with Gasteiger partial charge in [-0.3, -0.25) is 4.98 Å². The number of fused-ring (bicyclic) bond motifs is 4. The van der Waals surface area contributed by atoms with E-state index in [1.54, 1.807) is 6.20 Å². The number of aromatic nitrogens is 4. The molecule has 8 aromatic rings. The molecule has 0 N–H and O–H groups in total. The van der Waals surface area contributed by atoms with Gasteiger partial charge >= 0.3 is 0 Å². The Morgan fingerprint density at radius 3 is 2.32 bits per heavy atom. The van der Waals surface area contributed by atoms with E-state index in [9.17, 15) is 0 Å². The van der Waals surface area contributed by atoms with E-state index < -0.39 is 5.89 Å². The number of pyridine rings is 2. The van der Waals surface area contributed by atoms with Gasteiger partial charge in [0.1, 0.15) is 0 Å². The summed E-state index contributed by atoms with van der Waals surface area (Å²) in [5, 5.41) is 2.01. The molecule has 0 unspecified atom stereocenters. The second-order valence-corrected chi connectivity index (χ2v) is 15.5. The van der Waals surface area contributed by atoms with E-state index >= 15 is 0 Å². The average molecular weight is 874 g/mol. The number of imidazole rings is 1. The van der Waals surface area contributed by atoms with E-state index in [4.69, 9.17) is 10.8 Å². The molecule has 4 heterocycles. The van der Waals surface area contributed by atoms with E-state index in [0.29, 0.717) is 11.1 Å². The average Bonchev–Trinajstić information content (AvgIpc) is 3.77. The molecule has 4 aromatic carbocycles. The summed E-state index contributed by atoms with van der Waals surface area (Å²) in [6, 6.07) is 43.4. The predicted molar refractivity (Wildman–Crippen MR) is 213 cm³/mol. The van der Waals surface area contributed by atoms with Crippen LogP contribution in [0.25, 0.3) is 66.9 Å². The second-order valence-electron chi connectivity index (χ2n) is 15.5. The molecule has 0 aliphatic heterocycles. The Balaban J connectivity index is 0.000000191. The van der Waals surface area contributed by atoms with Crippen molar-refractivity contribution in [3.8, 4) is 33.8 Å². The fourth-order valence-electron chi connectivity index (χ4n) is 7.35. The molecule has 0 saturated heterocycles. The normalized spacial score (nSPS) is 15.4. The number of hydrogen-bond donors (Lipinski definition) is 0. The van der Waals surface area contributed by atoms with Crippen LogP contribution < -0.4 is 0 Å². The largest absolute Gasteiger partial charge is 0.486 e. The quantitative estimate of drug-likeness (QED) is 0.165. The van der Waals surface area contributed by atoms with Crippen LogP contribution in [-0.2, 0) is 25.6 Å². The van der Waals surface area contributed by atoms with E-state index in [-0.39, 0.29) is 25.6 Å². The minimum atomic E-state index is -0.475. The first-order valence-corrected chi connectivity index (χ1v) is 18.2. The van der Waals surface area contributed by atoms with Crippen molar-refractivity contribution >= 4 is 33.1 Å². The second kappa shape index (κ2) is 14.8. The molecule has 4 aromatic heterocycles. The van der Waals surface area contributed by atoms with Crippen LogP contribution in [0.4, 0.5) is 0 Å². The Labute approximate surface area is 327 Å². The van der Waals surface area contributed by atoms with Crippen molar-refractivity contribution in [1.29, 1.82) is 0 Å². The molecule has 1 aliphatic carbocycles. The summed E-state index contributed by atoms with van der Waals surface area (Å²) in [4.78, 5) is 13.8. The SMILES string of the molecule is CC(C)(C)n1c(-c2[c-]cccc2)nc2ccccc21.[2H]C1(c2ccc(-c3ccnc(-c4[c-]ccc5c4oc4ncccc45)c3)cc2)CCC(C)(C)CC1.[Ir]. The Bertz CT molecular complexity index is 2540. The Morgan fingerprint density at radius 2 is 1.57 bits per heavy atom. The van der Waals surface area contributed by atoms with Crippen LogP contribution in [0.5, 0.6) is 0 Å². The number of furan rings is 1. The number of hydrogen-bond acceptors (Lipinski definition) is 4. The third-order valence-corrected chi connectivity index (χ3v) is 10.2. The van der Waals surface area contributed by atoms with E-state index in [1.807, 2.05) is 60.8 Å². The number of benzene rings is 4. The Kier molecular flexibility index (Phi) is 9.85. The van der Waals surface area contributed by atoms with Crippen molar-refractivity contribution in [2.75, 3.05) is 0 Å². The minimum Gasteiger partial charge on any atom is -0.486 e. The van der Waals surface area contributed by atoms with E-state index in [1.165, 1.54) is 5.52 Å². The molecule has 0 amide bonds. The van der Waals surface area contributed by atoms with Gasteiger partial charge in [-0.05, 0) is 110 Å². The number of rotatable bonds is 4. The maximum absolute atomic E-state index is 9.05. The Hall–Kier alpha value is -4.90. The molecule has 6 heteroatoms. The molecular formula is C47H44IrN4O-2. The molecule has 5 nitrogen and oxygen atoms in total. The molecule has 1 saturated carbocycles. The summed E-state index contributed by atoms with van der Waals surface area (Å²) >= 11 is 0. The van der Waals surface area contributed by atoms with Crippen LogP contribution in [0.15, 0.2) is 126 Å². The molecule has 0 atom stereocenters. The molecule has 1 radical (unpaired) electrons. The van der Waals surface area contributed by atoms with Gasteiger partial charge in [0.25, 0.3) is 0 Å². The molecule has 1 aliphatic rings. The predicted octanol–water partition coefficient (Wildman–Crippen LogP) is 12.4. The van der Waals surface area contributed by atoms with Crippen LogP contribution >= 0.6 is 0 Å². The van der Waals surface area contributed by atoms with E-state index in [2.05, 4.69) is 116 Å². The number of para-hydroxylation sites is 2. The minimum absolute atomic E-state index is 0. The zero-order valence-corrected chi connectivity index (χ0v) is 33.3. The smallest absolute Gasteiger partial charge is 0.216 e. The van der Waals surface area contributed by atoms with Gasteiger partial charge < -0.3 is 14.0 Å². The van der Waals surface area contributed by atoms with Crippen molar-refractivity contribution in [2.45, 2.75) is 71.7 Å². The van der Waals surface area contributed by atoms with Gasteiger partial charge in [-0.25, -0.2) is 4.98 Å². The standard InChI is InChI=1S/C30H27N2O.C17H17N2.Ir/c1-30(2)15-12-22(13-16-30)20-8-10-21(11-9-20)23-14-18-31-27(19-23)26-6-3-5-24-25-7-4-17-32-29(25)33-28(24)26;1-17(2,3)19-15-12-8-7-11-14(15)18-16(19)13-9-5-4-6-10-13;/h3-5,7-11,14,17-19,22H,12-13,15-16H2,1-2H3;4-9,11-12H,1-3H3;/q2*-1;/i22D;;. The van der Waals surface area contributed by atoms with Gasteiger partial charge in [-0.15, -0.1) is 54.1 Å². The van der Waals surface area contributed by atoms with Gasteiger partial charge in [0.15, 0.2) is 0 Å². The van der Waals surface area contributed by atoms with Gasteiger partial charge in [0, 0.05) is 44.8 Å². The van der Waals surface area contributed by atoms with Gasteiger partial charge in [-0.2, -0.15) is 0 Å². The maximum Gasteiger partial charge on any atom is 0.216 e. The summed E-state index contributed by atoms with van der Waals surface area (Å²) in [7, 11) is 0. The van der Waals surface area contributed by atoms with Gasteiger partial charge in [-0.1, -0.05) is 67.3 Å². The molecule has 269 valence electrons. The summed E-state index contributed by atoms with van der Waals surface area (Å²) in [5.41, 5.74) is 9.93. The van der Waals surface area contributed by atoms with Crippen molar-refractivity contribution in [2.24, 2.45) is 5.41 Å². The maximum atomic E-state index is 9.05. The molecule has 53 heavy (non-hydrogen) atoms. The van der Waals surface area contributed by atoms with Gasteiger partial charge in [0.2, 0.25) is 5.71 Å². The molecule has 0 spiro atoms. The van der Waals surface area contributed by atoms with Crippen LogP contribution in [0, 0.1) is 17.5 Å². The van der Waals surface area contributed by atoms with Crippen LogP contribution in [0.2, 0.25) is 0 Å². The topological polar surface area (TPSA) is 56.7 Å². The molecule has 9 rings (SSSR count). The number of nitrogens with zero attached hydrogens (tertiary/aromatic N) is 4. The molecule has 1 fully saturated rings. The van der Waals surface area contributed by atoms with Crippen molar-refractivity contribution in [1.82, 2.24) is 19.5 Å². The fourth-order valence-corrected chi connectivity index (χ4v) is 7.35. The zero-order valence-electron chi connectivity index (χ0n) is 31.9. The third kappa shape index (κ3) is 7.49. The molecule has 0 bridgehead atoms. The molecular weight excluding hydrogens is 829 g/mol. The summed E-state index contributed by atoms with van der Waals surface area (Å²) in [6.07, 6.45) is 7.62. The first kappa shape index (κ1) is 35.1.